The first-order valence-electron chi connectivity index (χ1n) is 4.13. The Bertz CT molecular complexity index is 430. The third kappa shape index (κ3) is 1.85. The van der Waals surface area contributed by atoms with Gasteiger partial charge in [-0.1, -0.05) is 42.5 Å². The lowest BCUT2D eigenvalue weighted by atomic mass is 10.1. The van der Waals surface area contributed by atoms with Gasteiger partial charge in [0.05, 0.1) is 0 Å². The second kappa shape index (κ2) is 4.92. The summed E-state index contributed by atoms with van der Waals surface area (Å²) in [6.45, 7) is 2.00. The number of aldehydes is 1. The molecule has 70 valence electrons. The molecule has 0 unspecified atom stereocenters. The Balaban J connectivity index is 0.000000461. The van der Waals surface area contributed by atoms with Crippen LogP contribution in [0.5, 0.6) is 0 Å². The van der Waals surface area contributed by atoms with Gasteiger partial charge in [-0.3, -0.25) is 4.79 Å². The van der Waals surface area contributed by atoms with Gasteiger partial charge >= 0.3 is 0 Å². The third-order valence-electron chi connectivity index (χ3n) is 1.95. The summed E-state index contributed by atoms with van der Waals surface area (Å²) in [7, 11) is 0. The van der Waals surface area contributed by atoms with Crippen molar-refractivity contribution < 1.29 is 9.59 Å². The Hall–Kier alpha value is -1.96. The summed E-state index contributed by atoms with van der Waals surface area (Å²) in [5, 5.41) is 2.14. The van der Waals surface area contributed by atoms with Gasteiger partial charge < -0.3 is 4.79 Å². The molecule has 0 aliphatic heterocycles. The zero-order valence-electron chi connectivity index (χ0n) is 7.64. The van der Waals surface area contributed by atoms with E-state index >= 15 is 0 Å². The van der Waals surface area contributed by atoms with E-state index in [9.17, 15) is 4.79 Å². The van der Waals surface area contributed by atoms with Gasteiger partial charge in [0.2, 0.25) is 0 Å². The molecule has 0 spiro atoms. The van der Waals surface area contributed by atoms with Gasteiger partial charge in [-0.05, 0) is 10.8 Å². The molecule has 0 aromatic heterocycles. The largest absolute Gasteiger partial charge is 0.307 e. The van der Waals surface area contributed by atoms with Crippen LogP contribution in [0.2, 0.25) is 0 Å². The fourth-order valence-electron chi connectivity index (χ4n) is 1.35. The number of hydrogen-bond acceptors (Lipinski definition) is 2. The predicted octanol–water partition coefficient (Wildman–Crippen LogP) is 2.47. The molecule has 14 heavy (non-hydrogen) atoms. The van der Waals surface area contributed by atoms with Gasteiger partial charge in [0.25, 0.3) is 0 Å². The monoisotopic (exact) mass is 186 g/mol. The number of hydrogen-bond donors (Lipinski definition) is 0. The minimum absolute atomic E-state index is 0.758. The first-order chi connectivity index (χ1) is 6.92. The minimum Gasteiger partial charge on any atom is -0.307 e. The molecule has 2 aromatic rings. The summed E-state index contributed by atoms with van der Waals surface area (Å²) in [5.74, 6) is 0. The zero-order valence-corrected chi connectivity index (χ0v) is 7.64. The van der Waals surface area contributed by atoms with Crippen LogP contribution in [0.4, 0.5) is 0 Å². The Morgan fingerprint density at radius 2 is 1.57 bits per heavy atom. The molecule has 0 saturated carbocycles. The molecule has 0 aliphatic carbocycles. The Labute approximate surface area is 82.2 Å². The van der Waals surface area contributed by atoms with Crippen LogP contribution in [0, 0.1) is 0 Å². The lowest BCUT2D eigenvalue weighted by Gasteiger charge is -1.98. The molecule has 0 atom stereocenters. The van der Waals surface area contributed by atoms with Crippen LogP contribution < -0.4 is 0 Å². The summed E-state index contributed by atoms with van der Waals surface area (Å²) in [4.78, 5) is 18.6. The van der Waals surface area contributed by atoms with Crippen molar-refractivity contribution >= 4 is 23.8 Å². The highest BCUT2D eigenvalue weighted by molar-refractivity contribution is 5.97. The first kappa shape index (κ1) is 10.1. The van der Waals surface area contributed by atoms with Crippen molar-refractivity contribution in [2.75, 3.05) is 0 Å². The summed E-state index contributed by atoms with van der Waals surface area (Å²) in [5.41, 5.74) is 0.758. The van der Waals surface area contributed by atoms with Crippen molar-refractivity contribution in [1.82, 2.24) is 0 Å². The summed E-state index contributed by atoms with van der Waals surface area (Å²) in [6, 6.07) is 13.6. The van der Waals surface area contributed by atoms with Crippen LogP contribution in [0.25, 0.3) is 10.8 Å². The highest BCUT2D eigenvalue weighted by atomic mass is 16.1. The standard InChI is InChI=1S/C11H8O.CH2O/c12-8-10-6-3-5-9-4-1-2-7-11(9)10;1-2/h1-8H;1H2. The van der Waals surface area contributed by atoms with Crippen LogP contribution in [-0.4, -0.2) is 13.1 Å². The van der Waals surface area contributed by atoms with Crippen molar-refractivity contribution in [2.24, 2.45) is 0 Å². The molecule has 0 heterocycles. The lowest BCUT2D eigenvalue weighted by Crippen LogP contribution is -1.81. The normalized spacial score (nSPS) is 8.86. The maximum absolute atomic E-state index is 10.6. The first-order valence-corrected chi connectivity index (χ1v) is 4.13. The van der Waals surface area contributed by atoms with Gasteiger partial charge in [-0.25, -0.2) is 0 Å². The summed E-state index contributed by atoms with van der Waals surface area (Å²) < 4.78 is 0. The fourth-order valence-corrected chi connectivity index (χ4v) is 1.35. The van der Waals surface area contributed by atoms with E-state index in [0.717, 1.165) is 22.6 Å². The average Bonchev–Trinajstić information content (AvgIpc) is 2.31. The van der Waals surface area contributed by atoms with E-state index in [1.807, 2.05) is 49.3 Å². The number of rotatable bonds is 1. The molecule has 0 amide bonds. The van der Waals surface area contributed by atoms with Crippen molar-refractivity contribution in [1.29, 1.82) is 0 Å². The quantitative estimate of drug-likeness (QED) is 0.641. The summed E-state index contributed by atoms with van der Waals surface area (Å²) >= 11 is 0. The Morgan fingerprint density at radius 3 is 2.29 bits per heavy atom. The number of benzene rings is 2. The molecule has 0 bridgehead atoms. The van der Waals surface area contributed by atoms with E-state index in [-0.39, 0.29) is 0 Å². The van der Waals surface area contributed by atoms with Crippen LogP contribution in [0.15, 0.2) is 42.5 Å². The number of carbonyl (C=O) groups excluding carboxylic acids is 2. The molecule has 2 rings (SSSR count). The molecule has 0 N–H and O–H groups in total. The van der Waals surface area contributed by atoms with Crippen molar-refractivity contribution in [2.45, 2.75) is 0 Å². The molecule has 0 fully saturated rings. The third-order valence-corrected chi connectivity index (χ3v) is 1.95. The van der Waals surface area contributed by atoms with Crippen LogP contribution in [0.1, 0.15) is 10.4 Å². The maximum atomic E-state index is 10.6. The molecular weight excluding hydrogens is 176 g/mol. The fraction of sp³-hybridized carbons (Fsp3) is 0. The van der Waals surface area contributed by atoms with Gasteiger partial charge in [0.15, 0.2) is 6.29 Å². The summed E-state index contributed by atoms with van der Waals surface area (Å²) in [6.07, 6.45) is 0.891. The topological polar surface area (TPSA) is 34.1 Å². The maximum Gasteiger partial charge on any atom is 0.150 e. The molecular formula is C12H10O2. The predicted molar refractivity (Wildman–Crippen MR) is 56.5 cm³/mol. The van der Waals surface area contributed by atoms with Crippen LogP contribution >= 0.6 is 0 Å². The highest BCUT2D eigenvalue weighted by Crippen LogP contribution is 2.16. The minimum atomic E-state index is 0.758. The zero-order chi connectivity index (χ0) is 10.4. The second-order valence-corrected chi connectivity index (χ2v) is 2.69. The van der Waals surface area contributed by atoms with E-state index in [0.29, 0.717) is 0 Å². The van der Waals surface area contributed by atoms with Crippen molar-refractivity contribution in [3.8, 4) is 0 Å². The molecule has 0 saturated heterocycles. The number of fused-ring (bicyclic) bond motifs is 1. The number of carbonyl (C=O) groups is 2. The van der Waals surface area contributed by atoms with E-state index in [4.69, 9.17) is 4.79 Å². The molecule has 2 heteroatoms. The van der Waals surface area contributed by atoms with Crippen LogP contribution in [0.3, 0.4) is 0 Å². The molecule has 0 aliphatic rings. The lowest BCUT2D eigenvalue weighted by molar-refractivity contribution is -0.0979. The van der Waals surface area contributed by atoms with E-state index in [1.54, 1.807) is 0 Å². The highest BCUT2D eigenvalue weighted by Gasteiger charge is 1.96. The molecule has 0 radical (unpaired) electrons. The van der Waals surface area contributed by atoms with E-state index < -0.39 is 0 Å². The van der Waals surface area contributed by atoms with Gasteiger partial charge in [-0.15, -0.1) is 0 Å². The van der Waals surface area contributed by atoms with Gasteiger partial charge in [0, 0.05) is 5.56 Å². The van der Waals surface area contributed by atoms with Crippen LogP contribution in [-0.2, 0) is 4.79 Å². The molecule has 2 nitrogen and oxygen atoms in total. The van der Waals surface area contributed by atoms with Crippen molar-refractivity contribution in [3.05, 3.63) is 48.0 Å². The smallest absolute Gasteiger partial charge is 0.150 e. The van der Waals surface area contributed by atoms with E-state index in [1.165, 1.54) is 0 Å². The van der Waals surface area contributed by atoms with Gasteiger partial charge in [0.1, 0.15) is 6.79 Å². The molecule has 2 aromatic carbocycles. The SMILES string of the molecule is C=O.O=Cc1cccc2ccccc12. The Kier molecular flexibility index (Phi) is 3.56. The van der Waals surface area contributed by atoms with E-state index in [2.05, 4.69) is 0 Å². The second-order valence-electron chi connectivity index (χ2n) is 2.69. The Morgan fingerprint density at radius 1 is 0.929 bits per heavy atom. The van der Waals surface area contributed by atoms with Crippen molar-refractivity contribution in [3.63, 3.8) is 0 Å². The van der Waals surface area contributed by atoms with Gasteiger partial charge in [-0.2, -0.15) is 0 Å². The average molecular weight is 186 g/mol.